The minimum absolute atomic E-state index is 0.146. The molecule has 1 aliphatic heterocycles. The molecule has 0 bridgehead atoms. The molecule has 3 atom stereocenters. The normalized spacial score (nSPS) is 28.2. The number of aliphatic hydroxyl groups is 1. The molecule has 0 spiro atoms. The van der Waals surface area contributed by atoms with Crippen LogP contribution in [0.15, 0.2) is 18.2 Å². The summed E-state index contributed by atoms with van der Waals surface area (Å²) in [6.45, 7) is 4.65. The van der Waals surface area contributed by atoms with Crippen molar-refractivity contribution >= 4 is 0 Å². The first-order chi connectivity index (χ1) is 11.7. The van der Waals surface area contributed by atoms with Gasteiger partial charge in [0, 0.05) is 19.1 Å². The number of aryl methyl sites for hydroxylation is 1. The van der Waals surface area contributed by atoms with Crippen molar-refractivity contribution in [1.29, 1.82) is 0 Å². The summed E-state index contributed by atoms with van der Waals surface area (Å²) < 4.78 is 11.7. The second-order valence-electron chi connectivity index (χ2n) is 7.25. The van der Waals surface area contributed by atoms with Crippen molar-refractivity contribution in [2.45, 2.75) is 63.7 Å². The van der Waals surface area contributed by atoms with E-state index in [4.69, 9.17) is 9.47 Å². The van der Waals surface area contributed by atoms with Crippen LogP contribution in [-0.2, 0) is 11.2 Å². The van der Waals surface area contributed by atoms with Crippen LogP contribution in [-0.4, -0.2) is 55.1 Å². The molecule has 4 heteroatoms. The Bertz CT molecular complexity index is 534. The Balaban J connectivity index is 1.52. The van der Waals surface area contributed by atoms with Gasteiger partial charge in [0.25, 0.3) is 0 Å². The number of benzene rings is 1. The first kappa shape index (κ1) is 17.7. The van der Waals surface area contributed by atoms with Gasteiger partial charge in [-0.05, 0) is 49.8 Å². The summed E-state index contributed by atoms with van der Waals surface area (Å²) in [4.78, 5) is 2.45. The summed E-state index contributed by atoms with van der Waals surface area (Å²) in [7, 11) is 1.72. The van der Waals surface area contributed by atoms with Crippen LogP contribution in [0.4, 0.5) is 0 Å². The standard InChI is InChI=1S/C20H31NO3/c1-15-7-8-16(13-20(15)23-2)10-12-24-19-6-4-3-5-18(19)21-11-9-17(22)14-21/h7-8,13,17-19,22H,3-6,9-12,14H2,1-2H3/t17-,18+,19+/m0/s1. The van der Waals surface area contributed by atoms with E-state index in [0.29, 0.717) is 12.1 Å². The molecule has 1 aliphatic carbocycles. The lowest BCUT2D eigenvalue weighted by Gasteiger charge is -2.37. The van der Waals surface area contributed by atoms with Crippen LogP contribution in [0.5, 0.6) is 5.75 Å². The number of hydrogen-bond donors (Lipinski definition) is 1. The number of methoxy groups -OCH3 is 1. The van der Waals surface area contributed by atoms with Gasteiger partial charge in [0.15, 0.2) is 0 Å². The van der Waals surface area contributed by atoms with Gasteiger partial charge in [-0.2, -0.15) is 0 Å². The smallest absolute Gasteiger partial charge is 0.122 e. The topological polar surface area (TPSA) is 41.9 Å². The molecule has 0 radical (unpaired) electrons. The number of ether oxygens (including phenoxy) is 2. The van der Waals surface area contributed by atoms with Crippen molar-refractivity contribution in [3.8, 4) is 5.75 Å². The third-order valence-corrected chi connectivity index (χ3v) is 5.53. The van der Waals surface area contributed by atoms with E-state index >= 15 is 0 Å². The summed E-state index contributed by atoms with van der Waals surface area (Å²) in [5, 5.41) is 9.82. The molecule has 3 rings (SSSR count). The summed E-state index contributed by atoms with van der Waals surface area (Å²) >= 11 is 0. The molecule has 1 aromatic carbocycles. The minimum atomic E-state index is -0.146. The van der Waals surface area contributed by atoms with Crippen LogP contribution >= 0.6 is 0 Å². The predicted octanol–water partition coefficient (Wildman–Crippen LogP) is 2.94. The number of likely N-dealkylation sites (tertiary alicyclic amines) is 1. The fourth-order valence-electron chi connectivity index (χ4n) is 4.11. The zero-order valence-electron chi connectivity index (χ0n) is 15.0. The van der Waals surface area contributed by atoms with E-state index in [-0.39, 0.29) is 6.10 Å². The van der Waals surface area contributed by atoms with E-state index in [2.05, 4.69) is 30.0 Å². The Morgan fingerprint density at radius 2 is 2.04 bits per heavy atom. The second kappa shape index (κ2) is 8.32. The van der Waals surface area contributed by atoms with Gasteiger partial charge in [0.2, 0.25) is 0 Å². The number of rotatable bonds is 6. The van der Waals surface area contributed by atoms with Crippen LogP contribution in [0.25, 0.3) is 0 Å². The number of β-amino-alcohol motifs (C(OH)–C–C–N with tert-alkyl or cyclic N) is 1. The average Bonchev–Trinajstić information content (AvgIpc) is 3.03. The molecule has 0 aromatic heterocycles. The highest BCUT2D eigenvalue weighted by Crippen LogP contribution is 2.28. The third kappa shape index (κ3) is 4.29. The fourth-order valence-corrected chi connectivity index (χ4v) is 4.11. The van der Waals surface area contributed by atoms with Crippen LogP contribution in [0.2, 0.25) is 0 Å². The zero-order valence-corrected chi connectivity index (χ0v) is 15.0. The Morgan fingerprint density at radius 1 is 1.21 bits per heavy atom. The van der Waals surface area contributed by atoms with Gasteiger partial charge >= 0.3 is 0 Å². The van der Waals surface area contributed by atoms with Crippen LogP contribution in [0, 0.1) is 6.92 Å². The molecule has 134 valence electrons. The van der Waals surface area contributed by atoms with Gasteiger partial charge in [-0.15, -0.1) is 0 Å². The van der Waals surface area contributed by atoms with Crippen molar-refractivity contribution < 1.29 is 14.6 Å². The molecule has 0 amide bonds. The van der Waals surface area contributed by atoms with Gasteiger partial charge in [-0.3, -0.25) is 4.90 Å². The monoisotopic (exact) mass is 333 g/mol. The Morgan fingerprint density at radius 3 is 2.79 bits per heavy atom. The third-order valence-electron chi connectivity index (χ3n) is 5.53. The van der Waals surface area contributed by atoms with Crippen molar-refractivity contribution in [2.24, 2.45) is 0 Å². The number of aliphatic hydroxyl groups excluding tert-OH is 1. The first-order valence-corrected chi connectivity index (χ1v) is 9.34. The lowest BCUT2D eigenvalue weighted by molar-refractivity contribution is -0.0316. The van der Waals surface area contributed by atoms with E-state index in [1.54, 1.807) is 7.11 Å². The average molecular weight is 333 g/mol. The molecule has 4 nitrogen and oxygen atoms in total. The highest BCUT2D eigenvalue weighted by atomic mass is 16.5. The summed E-state index contributed by atoms with van der Waals surface area (Å²) in [5.74, 6) is 0.953. The summed E-state index contributed by atoms with van der Waals surface area (Å²) in [5.41, 5.74) is 2.43. The fraction of sp³-hybridized carbons (Fsp3) is 0.700. The largest absolute Gasteiger partial charge is 0.496 e. The summed E-state index contributed by atoms with van der Waals surface area (Å²) in [6.07, 6.45) is 6.89. The van der Waals surface area contributed by atoms with E-state index in [1.165, 1.54) is 30.4 Å². The number of hydrogen-bond acceptors (Lipinski definition) is 4. The number of nitrogens with zero attached hydrogens (tertiary/aromatic N) is 1. The lowest BCUT2D eigenvalue weighted by atomic mass is 9.91. The predicted molar refractivity (Wildman–Crippen MR) is 95.6 cm³/mol. The quantitative estimate of drug-likeness (QED) is 0.869. The van der Waals surface area contributed by atoms with E-state index in [0.717, 1.165) is 44.7 Å². The molecule has 24 heavy (non-hydrogen) atoms. The maximum absolute atomic E-state index is 9.82. The summed E-state index contributed by atoms with van der Waals surface area (Å²) in [6, 6.07) is 6.89. The van der Waals surface area contributed by atoms with Crippen molar-refractivity contribution in [3.63, 3.8) is 0 Å². The van der Waals surface area contributed by atoms with Gasteiger partial charge in [-0.1, -0.05) is 25.0 Å². The minimum Gasteiger partial charge on any atom is -0.496 e. The van der Waals surface area contributed by atoms with Gasteiger partial charge in [-0.25, -0.2) is 0 Å². The van der Waals surface area contributed by atoms with Crippen molar-refractivity contribution in [2.75, 3.05) is 26.8 Å². The Kier molecular flexibility index (Phi) is 6.14. The van der Waals surface area contributed by atoms with Crippen LogP contribution in [0.3, 0.4) is 0 Å². The first-order valence-electron chi connectivity index (χ1n) is 9.34. The van der Waals surface area contributed by atoms with Crippen molar-refractivity contribution in [3.05, 3.63) is 29.3 Å². The molecular formula is C20H31NO3. The van der Waals surface area contributed by atoms with E-state index < -0.39 is 0 Å². The maximum atomic E-state index is 9.82. The molecule has 0 unspecified atom stereocenters. The van der Waals surface area contributed by atoms with Gasteiger partial charge < -0.3 is 14.6 Å². The lowest BCUT2D eigenvalue weighted by Crippen LogP contribution is -2.46. The molecule has 2 fully saturated rings. The van der Waals surface area contributed by atoms with Crippen LogP contribution in [0.1, 0.15) is 43.2 Å². The molecule has 1 saturated heterocycles. The molecule has 1 saturated carbocycles. The van der Waals surface area contributed by atoms with Gasteiger partial charge in [0.05, 0.1) is 25.9 Å². The SMILES string of the molecule is COc1cc(CCO[C@@H]2CCCC[C@H]2N2CC[C@H](O)C2)ccc1C. The highest BCUT2D eigenvalue weighted by molar-refractivity contribution is 5.36. The second-order valence-corrected chi connectivity index (χ2v) is 7.25. The van der Waals surface area contributed by atoms with Gasteiger partial charge in [0.1, 0.15) is 5.75 Å². The highest BCUT2D eigenvalue weighted by Gasteiger charge is 2.34. The molecule has 1 aromatic rings. The molecular weight excluding hydrogens is 302 g/mol. The zero-order chi connectivity index (χ0) is 16.9. The molecule has 2 aliphatic rings. The molecule has 1 N–H and O–H groups in total. The van der Waals surface area contributed by atoms with Crippen LogP contribution < -0.4 is 4.74 Å². The van der Waals surface area contributed by atoms with Crippen molar-refractivity contribution in [1.82, 2.24) is 4.90 Å². The van der Waals surface area contributed by atoms with E-state index in [9.17, 15) is 5.11 Å². The Hall–Kier alpha value is -1.10. The maximum Gasteiger partial charge on any atom is 0.122 e. The van der Waals surface area contributed by atoms with E-state index in [1.807, 2.05) is 0 Å². The Labute approximate surface area is 145 Å². The molecule has 1 heterocycles.